The van der Waals surface area contributed by atoms with Crippen LogP contribution in [-0.4, -0.2) is 52.1 Å². The van der Waals surface area contributed by atoms with Gasteiger partial charge in [-0.2, -0.15) is 0 Å². The Balaban J connectivity index is 1.34. The van der Waals surface area contributed by atoms with Gasteiger partial charge in [0.2, 0.25) is 0 Å². The van der Waals surface area contributed by atoms with Gasteiger partial charge in [-0.25, -0.2) is 24.1 Å². The fourth-order valence-electron chi connectivity index (χ4n) is 3.03. The van der Waals surface area contributed by atoms with Gasteiger partial charge < -0.3 is 20.4 Å². The zero-order valence-corrected chi connectivity index (χ0v) is 15.6. The summed E-state index contributed by atoms with van der Waals surface area (Å²) in [5.74, 6) is 1.82. The minimum Gasteiger partial charge on any atom is -0.353 e. The van der Waals surface area contributed by atoms with E-state index in [9.17, 15) is 9.18 Å². The number of carbonyl (C=O) groups excluding carboxylic acids is 1. The van der Waals surface area contributed by atoms with Gasteiger partial charge in [0.05, 0.1) is 0 Å². The van der Waals surface area contributed by atoms with Crippen molar-refractivity contribution in [3.8, 4) is 0 Å². The SMILES string of the molecule is O=C(Nc1ccc(F)cc1)N1CCN(c2cc(Nc3ccccn3)ncn2)CC1. The third-order valence-electron chi connectivity index (χ3n) is 4.56. The van der Waals surface area contributed by atoms with Crippen molar-refractivity contribution < 1.29 is 9.18 Å². The van der Waals surface area contributed by atoms with Crippen molar-refractivity contribution in [3.63, 3.8) is 0 Å². The number of pyridine rings is 1. The van der Waals surface area contributed by atoms with Crippen LogP contribution in [-0.2, 0) is 0 Å². The summed E-state index contributed by atoms with van der Waals surface area (Å²) in [5, 5.41) is 5.94. The highest BCUT2D eigenvalue weighted by Gasteiger charge is 2.22. The number of nitrogens with zero attached hydrogens (tertiary/aromatic N) is 5. The summed E-state index contributed by atoms with van der Waals surface area (Å²) in [6.07, 6.45) is 3.22. The summed E-state index contributed by atoms with van der Waals surface area (Å²) in [6.45, 7) is 2.41. The molecule has 0 atom stereocenters. The Morgan fingerprint density at radius 3 is 2.45 bits per heavy atom. The standard InChI is InChI=1S/C20H20FN7O/c21-15-4-6-16(7-5-15)25-20(29)28-11-9-27(10-12-28)19-13-18(23-14-24-19)26-17-3-1-2-8-22-17/h1-8,13-14H,9-12H2,(H,25,29)(H,22,23,24,26). The van der Waals surface area contributed by atoms with Crippen LogP contribution in [0.15, 0.2) is 61.1 Å². The van der Waals surface area contributed by atoms with Crippen LogP contribution in [0.4, 0.5) is 32.3 Å². The van der Waals surface area contributed by atoms with E-state index in [0.717, 1.165) is 5.82 Å². The smallest absolute Gasteiger partial charge is 0.321 e. The van der Waals surface area contributed by atoms with Crippen LogP contribution >= 0.6 is 0 Å². The van der Waals surface area contributed by atoms with Crippen LogP contribution in [0.25, 0.3) is 0 Å². The predicted molar refractivity (Wildman–Crippen MR) is 109 cm³/mol. The van der Waals surface area contributed by atoms with E-state index in [0.29, 0.717) is 43.5 Å². The van der Waals surface area contributed by atoms with Gasteiger partial charge in [-0.05, 0) is 36.4 Å². The second-order valence-electron chi connectivity index (χ2n) is 6.51. The molecule has 8 nitrogen and oxygen atoms in total. The number of aromatic nitrogens is 3. The van der Waals surface area contributed by atoms with Crippen molar-refractivity contribution in [3.05, 3.63) is 66.9 Å². The molecule has 0 saturated carbocycles. The molecule has 0 radical (unpaired) electrons. The maximum absolute atomic E-state index is 13.0. The number of anilines is 4. The second-order valence-corrected chi connectivity index (χ2v) is 6.51. The Bertz CT molecular complexity index is 960. The van der Waals surface area contributed by atoms with Crippen LogP contribution < -0.4 is 15.5 Å². The molecule has 0 spiro atoms. The lowest BCUT2D eigenvalue weighted by Crippen LogP contribution is -2.50. The first-order valence-corrected chi connectivity index (χ1v) is 9.24. The van der Waals surface area contributed by atoms with Crippen LogP contribution in [0.1, 0.15) is 0 Å². The zero-order valence-electron chi connectivity index (χ0n) is 15.6. The number of carbonyl (C=O) groups is 1. The molecule has 3 heterocycles. The Morgan fingerprint density at radius 1 is 0.931 bits per heavy atom. The summed E-state index contributed by atoms with van der Waals surface area (Å²) in [7, 11) is 0. The Kier molecular flexibility index (Phi) is 5.46. The van der Waals surface area contributed by atoms with Gasteiger partial charge in [0.15, 0.2) is 0 Å². The van der Waals surface area contributed by atoms with Crippen molar-refractivity contribution in [1.29, 1.82) is 0 Å². The molecule has 0 unspecified atom stereocenters. The first-order valence-electron chi connectivity index (χ1n) is 9.24. The molecule has 2 N–H and O–H groups in total. The number of urea groups is 1. The third kappa shape index (κ3) is 4.75. The molecule has 2 aromatic heterocycles. The fourth-order valence-corrected chi connectivity index (χ4v) is 3.03. The minimum absolute atomic E-state index is 0.198. The quantitative estimate of drug-likeness (QED) is 0.708. The van der Waals surface area contributed by atoms with E-state index >= 15 is 0 Å². The van der Waals surface area contributed by atoms with Crippen molar-refractivity contribution >= 4 is 29.2 Å². The van der Waals surface area contributed by atoms with Crippen molar-refractivity contribution in [1.82, 2.24) is 19.9 Å². The first kappa shape index (κ1) is 18.6. The van der Waals surface area contributed by atoms with Gasteiger partial charge in [-0.1, -0.05) is 6.07 Å². The molecule has 1 aromatic carbocycles. The van der Waals surface area contributed by atoms with Gasteiger partial charge in [0.25, 0.3) is 0 Å². The lowest BCUT2D eigenvalue weighted by Gasteiger charge is -2.35. The third-order valence-corrected chi connectivity index (χ3v) is 4.56. The number of piperazine rings is 1. The molecule has 1 fully saturated rings. The van der Waals surface area contributed by atoms with Crippen molar-refractivity contribution in [2.24, 2.45) is 0 Å². The zero-order chi connectivity index (χ0) is 20.1. The number of amides is 2. The number of halogens is 1. The maximum Gasteiger partial charge on any atom is 0.321 e. The molecule has 1 aliphatic heterocycles. The van der Waals surface area contributed by atoms with Crippen molar-refractivity contribution in [2.45, 2.75) is 0 Å². The van der Waals surface area contributed by atoms with E-state index in [1.54, 1.807) is 23.2 Å². The van der Waals surface area contributed by atoms with Crippen LogP contribution in [0.3, 0.4) is 0 Å². The molecule has 9 heteroatoms. The molecular weight excluding hydrogens is 373 g/mol. The molecule has 2 amide bonds. The van der Waals surface area contributed by atoms with Gasteiger partial charge in [0, 0.05) is 44.1 Å². The largest absolute Gasteiger partial charge is 0.353 e. The van der Waals surface area contributed by atoms with Crippen LogP contribution in [0.2, 0.25) is 0 Å². The predicted octanol–water partition coefficient (Wildman–Crippen LogP) is 3.11. The van der Waals surface area contributed by atoms with Gasteiger partial charge in [0.1, 0.15) is 29.6 Å². The maximum atomic E-state index is 13.0. The monoisotopic (exact) mass is 393 g/mol. The van der Waals surface area contributed by atoms with E-state index in [1.165, 1.54) is 18.5 Å². The van der Waals surface area contributed by atoms with E-state index in [-0.39, 0.29) is 11.8 Å². The Morgan fingerprint density at radius 2 is 1.72 bits per heavy atom. The highest BCUT2D eigenvalue weighted by atomic mass is 19.1. The van der Waals surface area contributed by atoms with Gasteiger partial charge in [-0.15, -0.1) is 0 Å². The molecule has 29 heavy (non-hydrogen) atoms. The highest BCUT2D eigenvalue weighted by molar-refractivity contribution is 5.89. The van der Waals surface area contributed by atoms with Crippen LogP contribution in [0, 0.1) is 5.82 Å². The molecule has 1 aliphatic rings. The first-order chi connectivity index (χ1) is 14.2. The molecule has 1 saturated heterocycles. The van der Waals surface area contributed by atoms with Crippen LogP contribution in [0.5, 0.6) is 0 Å². The van der Waals surface area contributed by atoms with E-state index in [4.69, 9.17) is 0 Å². The lowest BCUT2D eigenvalue weighted by molar-refractivity contribution is 0.208. The number of nitrogens with one attached hydrogen (secondary N) is 2. The minimum atomic E-state index is -0.335. The summed E-state index contributed by atoms with van der Waals surface area (Å²) in [4.78, 5) is 29.1. The fraction of sp³-hybridized carbons (Fsp3) is 0.200. The summed E-state index contributed by atoms with van der Waals surface area (Å²) in [5.41, 5.74) is 0.569. The van der Waals surface area contributed by atoms with Gasteiger partial charge >= 0.3 is 6.03 Å². The normalized spacial score (nSPS) is 13.8. The molecule has 0 bridgehead atoms. The average Bonchev–Trinajstić information content (AvgIpc) is 2.76. The van der Waals surface area contributed by atoms with Crippen molar-refractivity contribution in [2.75, 3.05) is 41.7 Å². The highest BCUT2D eigenvalue weighted by Crippen LogP contribution is 2.19. The number of hydrogen-bond donors (Lipinski definition) is 2. The molecular formula is C20H20FN7O. The van der Waals surface area contributed by atoms with E-state index in [1.807, 2.05) is 24.3 Å². The lowest BCUT2D eigenvalue weighted by atomic mass is 10.3. The summed E-state index contributed by atoms with van der Waals surface area (Å²) < 4.78 is 13.0. The Hall–Kier alpha value is -3.75. The molecule has 148 valence electrons. The number of hydrogen-bond acceptors (Lipinski definition) is 6. The Labute approximate surface area is 167 Å². The number of rotatable bonds is 4. The molecule has 4 rings (SSSR count). The van der Waals surface area contributed by atoms with E-state index < -0.39 is 0 Å². The summed E-state index contributed by atoms with van der Waals surface area (Å²) >= 11 is 0. The molecule has 0 aliphatic carbocycles. The topological polar surface area (TPSA) is 86.3 Å². The number of benzene rings is 1. The average molecular weight is 393 g/mol. The molecule has 3 aromatic rings. The van der Waals surface area contributed by atoms with Gasteiger partial charge in [-0.3, -0.25) is 0 Å². The van der Waals surface area contributed by atoms with E-state index in [2.05, 4.69) is 30.5 Å². The second kappa shape index (κ2) is 8.51. The summed E-state index contributed by atoms with van der Waals surface area (Å²) in [6, 6.07) is 13.0.